The van der Waals surface area contributed by atoms with Crippen LogP contribution in [0, 0.1) is 0 Å². The zero-order valence-electron chi connectivity index (χ0n) is 15.1. The molecule has 0 spiro atoms. The number of phenolic OH excluding ortho intramolecular Hbond substituents is 1. The highest BCUT2D eigenvalue weighted by Gasteiger charge is 2.40. The second kappa shape index (κ2) is 7.99. The Morgan fingerprint density at radius 3 is 2.46 bits per heavy atom. The monoisotopic (exact) mass is 370 g/mol. The second-order valence-corrected chi connectivity index (χ2v) is 8.13. The van der Waals surface area contributed by atoms with Crippen LogP contribution in [0.2, 0.25) is 5.02 Å². The Kier molecular flexibility index (Phi) is 5.49. The van der Waals surface area contributed by atoms with Crippen LogP contribution in [0.4, 0.5) is 0 Å². The quantitative estimate of drug-likeness (QED) is 0.732. The van der Waals surface area contributed by atoms with E-state index in [1.807, 2.05) is 24.3 Å². The Morgan fingerprint density at radius 2 is 1.77 bits per heavy atom. The molecule has 0 aromatic heterocycles. The van der Waals surface area contributed by atoms with Crippen LogP contribution >= 0.6 is 11.6 Å². The van der Waals surface area contributed by atoms with E-state index in [0.717, 1.165) is 24.7 Å². The summed E-state index contributed by atoms with van der Waals surface area (Å²) in [7, 11) is 0. The van der Waals surface area contributed by atoms with Gasteiger partial charge in [-0.05, 0) is 67.0 Å². The van der Waals surface area contributed by atoms with Crippen molar-refractivity contribution >= 4 is 11.6 Å². The predicted octanol–water partition coefficient (Wildman–Crippen LogP) is 4.55. The molecule has 2 aliphatic heterocycles. The van der Waals surface area contributed by atoms with Gasteiger partial charge in [-0.2, -0.15) is 0 Å². The Balaban J connectivity index is 1.27. The van der Waals surface area contributed by atoms with Crippen LogP contribution in [0.5, 0.6) is 5.75 Å². The summed E-state index contributed by atoms with van der Waals surface area (Å²) in [5.41, 5.74) is 2.59. The van der Waals surface area contributed by atoms with Crippen LogP contribution in [-0.2, 0) is 6.54 Å². The van der Waals surface area contributed by atoms with Crippen molar-refractivity contribution in [3.63, 3.8) is 0 Å². The highest BCUT2D eigenvalue weighted by molar-refractivity contribution is 6.30. The van der Waals surface area contributed by atoms with Crippen LogP contribution in [0.25, 0.3) is 0 Å². The van der Waals surface area contributed by atoms with Gasteiger partial charge in [0.1, 0.15) is 5.75 Å². The molecule has 0 saturated carbocycles. The molecule has 2 saturated heterocycles. The molecule has 2 fully saturated rings. The number of fused-ring (bicyclic) bond motifs is 2. The van der Waals surface area contributed by atoms with E-state index in [0.29, 0.717) is 23.8 Å². The Labute approximate surface area is 161 Å². The smallest absolute Gasteiger partial charge is 0.115 e. The zero-order valence-corrected chi connectivity index (χ0v) is 15.8. The average molecular weight is 371 g/mol. The molecule has 3 atom stereocenters. The summed E-state index contributed by atoms with van der Waals surface area (Å²) >= 11 is 5.94. The fourth-order valence-corrected chi connectivity index (χ4v) is 4.86. The Hall–Kier alpha value is -1.55. The van der Waals surface area contributed by atoms with Gasteiger partial charge in [0.15, 0.2) is 0 Å². The summed E-state index contributed by atoms with van der Waals surface area (Å²) in [6.07, 6.45) is 5.07. The normalized spacial score (nSPS) is 25.5. The SMILES string of the molecule is Oc1cccc(C2C[C@H]3CC[C@@H](C2)N3CCNCc2ccc(Cl)cc2)c1. The molecule has 2 aliphatic rings. The summed E-state index contributed by atoms with van der Waals surface area (Å²) in [6, 6.07) is 17.3. The number of aromatic hydroxyl groups is 1. The number of rotatable bonds is 6. The molecular weight excluding hydrogens is 344 g/mol. The molecule has 3 nitrogen and oxygen atoms in total. The van der Waals surface area contributed by atoms with Gasteiger partial charge in [-0.15, -0.1) is 0 Å². The lowest BCUT2D eigenvalue weighted by atomic mass is 9.85. The molecule has 1 unspecified atom stereocenters. The lowest BCUT2D eigenvalue weighted by molar-refractivity contribution is 0.127. The molecule has 2 bridgehead atoms. The number of halogens is 1. The molecule has 138 valence electrons. The van der Waals surface area contributed by atoms with Crippen molar-refractivity contribution in [1.29, 1.82) is 0 Å². The van der Waals surface area contributed by atoms with E-state index in [1.54, 1.807) is 6.07 Å². The zero-order chi connectivity index (χ0) is 17.9. The number of hydrogen-bond acceptors (Lipinski definition) is 3. The van der Waals surface area contributed by atoms with Crippen LogP contribution < -0.4 is 5.32 Å². The summed E-state index contributed by atoms with van der Waals surface area (Å²) in [6.45, 7) is 3.04. The van der Waals surface area contributed by atoms with Crippen molar-refractivity contribution in [1.82, 2.24) is 10.2 Å². The van der Waals surface area contributed by atoms with E-state index in [2.05, 4.69) is 28.4 Å². The summed E-state index contributed by atoms with van der Waals surface area (Å²) in [5.74, 6) is 0.988. The summed E-state index contributed by atoms with van der Waals surface area (Å²) in [5, 5.41) is 14.1. The third-order valence-electron chi connectivity index (χ3n) is 6.02. The van der Waals surface area contributed by atoms with Gasteiger partial charge in [0.05, 0.1) is 0 Å². The van der Waals surface area contributed by atoms with Crippen molar-refractivity contribution in [3.8, 4) is 5.75 Å². The minimum atomic E-state index is 0.392. The molecule has 2 aromatic carbocycles. The highest BCUT2D eigenvalue weighted by atomic mass is 35.5. The van der Waals surface area contributed by atoms with Gasteiger partial charge in [-0.3, -0.25) is 4.90 Å². The maximum absolute atomic E-state index is 9.77. The molecule has 0 amide bonds. The van der Waals surface area contributed by atoms with E-state index in [-0.39, 0.29) is 0 Å². The first kappa shape index (κ1) is 17.8. The topological polar surface area (TPSA) is 35.5 Å². The van der Waals surface area contributed by atoms with Crippen molar-refractivity contribution in [3.05, 3.63) is 64.7 Å². The fourth-order valence-electron chi connectivity index (χ4n) is 4.73. The minimum Gasteiger partial charge on any atom is -0.508 e. The molecule has 2 aromatic rings. The first-order valence-corrected chi connectivity index (χ1v) is 10.1. The van der Waals surface area contributed by atoms with Gasteiger partial charge in [-0.1, -0.05) is 35.9 Å². The Morgan fingerprint density at radius 1 is 1.04 bits per heavy atom. The van der Waals surface area contributed by atoms with E-state index in [4.69, 9.17) is 11.6 Å². The lowest BCUT2D eigenvalue weighted by Crippen LogP contribution is -2.45. The number of nitrogens with zero attached hydrogens (tertiary/aromatic N) is 1. The van der Waals surface area contributed by atoms with Crippen LogP contribution in [0.3, 0.4) is 0 Å². The van der Waals surface area contributed by atoms with Crippen molar-refractivity contribution in [2.24, 2.45) is 0 Å². The van der Waals surface area contributed by atoms with Crippen LogP contribution in [0.1, 0.15) is 42.7 Å². The first-order valence-electron chi connectivity index (χ1n) is 9.69. The largest absolute Gasteiger partial charge is 0.508 e. The van der Waals surface area contributed by atoms with E-state index in [1.165, 1.54) is 36.8 Å². The number of piperidine rings is 1. The fraction of sp³-hybridized carbons (Fsp3) is 0.455. The molecular formula is C22H27ClN2O. The summed E-state index contributed by atoms with van der Waals surface area (Å²) in [4.78, 5) is 2.72. The highest BCUT2D eigenvalue weighted by Crippen LogP contribution is 2.43. The van der Waals surface area contributed by atoms with Gasteiger partial charge in [0.25, 0.3) is 0 Å². The van der Waals surface area contributed by atoms with E-state index in [9.17, 15) is 5.11 Å². The van der Waals surface area contributed by atoms with Gasteiger partial charge in [0, 0.05) is 36.7 Å². The van der Waals surface area contributed by atoms with Crippen LogP contribution in [0.15, 0.2) is 48.5 Å². The first-order chi connectivity index (χ1) is 12.7. The van der Waals surface area contributed by atoms with Crippen LogP contribution in [-0.4, -0.2) is 35.2 Å². The van der Waals surface area contributed by atoms with Crippen molar-refractivity contribution in [2.45, 2.75) is 50.2 Å². The average Bonchev–Trinajstić information content (AvgIpc) is 2.87. The Bertz CT molecular complexity index is 719. The lowest BCUT2D eigenvalue weighted by Gasteiger charge is -2.39. The molecule has 4 rings (SSSR count). The second-order valence-electron chi connectivity index (χ2n) is 7.69. The molecule has 0 radical (unpaired) electrons. The molecule has 2 N–H and O–H groups in total. The molecule has 0 aliphatic carbocycles. The van der Waals surface area contributed by atoms with E-state index < -0.39 is 0 Å². The van der Waals surface area contributed by atoms with Gasteiger partial charge >= 0.3 is 0 Å². The molecule has 2 heterocycles. The van der Waals surface area contributed by atoms with Gasteiger partial charge in [-0.25, -0.2) is 0 Å². The molecule has 4 heteroatoms. The maximum atomic E-state index is 9.77. The number of hydrogen-bond donors (Lipinski definition) is 2. The van der Waals surface area contributed by atoms with E-state index >= 15 is 0 Å². The van der Waals surface area contributed by atoms with Crippen molar-refractivity contribution < 1.29 is 5.11 Å². The maximum Gasteiger partial charge on any atom is 0.115 e. The third-order valence-corrected chi connectivity index (χ3v) is 6.27. The van der Waals surface area contributed by atoms with Gasteiger partial charge in [0.2, 0.25) is 0 Å². The number of nitrogens with one attached hydrogen (secondary N) is 1. The standard InChI is InChI=1S/C22H27ClN2O/c23-19-6-4-16(5-7-19)15-24-10-11-25-20-8-9-21(25)13-18(12-20)17-2-1-3-22(26)14-17/h1-7,14,18,20-21,24,26H,8-13,15H2/t18?,20-,21+. The minimum absolute atomic E-state index is 0.392. The molecule has 26 heavy (non-hydrogen) atoms. The summed E-state index contributed by atoms with van der Waals surface area (Å²) < 4.78 is 0. The predicted molar refractivity (Wildman–Crippen MR) is 107 cm³/mol. The third kappa shape index (κ3) is 4.06. The number of phenols is 1. The van der Waals surface area contributed by atoms with Gasteiger partial charge < -0.3 is 10.4 Å². The number of benzene rings is 2. The van der Waals surface area contributed by atoms with Crippen molar-refractivity contribution in [2.75, 3.05) is 13.1 Å².